The average molecular weight is 591 g/mol. The highest BCUT2D eigenvalue weighted by Crippen LogP contribution is 2.31. The molecular weight excluding hydrogens is 561 g/mol. The fourth-order valence-electron chi connectivity index (χ4n) is 4.81. The number of benzene rings is 2. The Morgan fingerprint density at radius 3 is 2.64 bits per heavy atom. The number of nitrogens with zero attached hydrogens (tertiary/aromatic N) is 3. The summed E-state index contributed by atoms with van der Waals surface area (Å²) in [5, 5.41) is 2.97. The lowest BCUT2D eigenvalue weighted by molar-refractivity contribution is 0.0387. The van der Waals surface area contributed by atoms with Crippen LogP contribution in [0.4, 0.5) is 10.5 Å². The van der Waals surface area contributed by atoms with Crippen LogP contribution in [0, 0.1) is 0 Å². The van der Waals surface area contributed by atoms with E-state index < -0.39 is 11.2 Å². The minimum Gasteiger partial charge on any atom is -0.494 e. The molecule has 8 nitrogen and oxygen atoms in total. The normalized spacial score (nSPS) is 14.3. The summed E-state index contributed by atoms with van der Waals surface area (Å²) in [5.74, 6) is 0.641. The standard InChI is InChI=1S/C28H29Cl2N3O5S/c29-27(30)38-28(35)37-19-33-24-18-21(8-6-20(24)7-9-26(33)34)36-16-2-1-11-31-12-14-32(15-13-31)23-4-3-5-25-22(23)10-17-39-25/h3-10,17-18,27H,1-2,11-16,19H2. The third-order valence-corrected chi connectivity index (χ3v) is 7.84. The lowest BCUT2D eigenvalue weighted by Crippen LogP contribution is -2.46. The number of fused-ring (bicyclic) bond motifs is 2. The van der Waals surface area contributed by atoms with Crippen LogP contribution in [0.5, 0.6) is 5.75 Å². The highest BCUT2D eigenvalue weighted by Gasteiger charge is 2.18. The molecule has 0 amide bonds. The van der Waals surface area contributed by atoms with Crippen LogP contribution in [0.3, 0.4) is 0 Å². The van der Waals surface area contributed by atoms with Gasteiger partial charge in [-0.3, -0.25) is 14.3 Å². The first-order valence-corrected chi connectivity index (χ1v) is 14.5. The van der Waals surface area contributed by atoms with Gasteiger partial charge in [-0.25, -0.2) is 4.79 Å². The number of halogens is 2. The number of unbranched alkanes of at least 4 members (excludes halogenated alkanes) is 1. The van der Waals surface area contributed by atoms with E-state index in [1.54, 1.807) is 23.5 Å². The summed E-state index contributed by atoms with van der Waals surface area (Å²) in [6.07, 6.45) is 0.889. The molecule has 1 aliphatic heterocycles. The summed E-state index contributed by atoms with van der Waals surface area (Å²) < 4.78 is 18.1. The summed E-state index contributed by atoms with van der Waals surface area (Å²) in [6.45, 7) is 5.43. The SMILES string of the molecule is O=C(OCn1c(=O)ccc2ccc(OCCCCN3CCN(c4cccc5sccc45)CC3)cc21)OC(Cl)Cl. The fourth-order valence-corrected chi connectivity index (χ4v) is 5.76. The van der Waals surface area contributed by atoms with Crippen LogP contribution >= 0.6 is 34.5 Å². The Hall–Kier alpha value is -2.98. The van der Waals surface area contributed by atoms with Crippen LogP contribution in [0.2, 0.25) is 0 Å². The number of pyridine rings is 1. The molecule has 0 unspecified atom stereocenters. The lowest BCUT2D eigenvalue weighted by Gasteiger charge is -2.36. The number of alkyl halides is 2. The van der Waals surface area contributed by atoms with Gasteiger partial charge in [-0.15, -0.1) is 11.3 Å². The Balaban J connectivity index is 1.08. The molecule has 1 aliphatic rings. The summed E-state index contributed by atoms with van der Waals surface area (Å²) >= 11 is 12.6. The molecule has 0 atom stereocenters. The van der Waals surface area contributed by atoms with Crippen LogP contribution in [0.25, 0.3) is 21.0 Å². The molecule has 5 rings (SSSR count). The van der Waals surface area contributed by atoms with Crippen molar-refractivity contribution in [2.75, 3.05) is 44.2 Å². The van der Waals surface area contributed by atoms with E-state index in [-0.39, 0.29) is 12.3 Å². The molecule has 206 valence electrons. The van der Waals surface area contributed by atoms with Crippen molar-refractivity contribution in [1.82, 2.24) is 9.47 Å². The van der Waals surface area contributed by atoms with Gasteiger partial charge in [0.05, 0.1) is 12.1 Å². The van der Waals surface area contributed by atoms with Crippen molar-refractivity contribution in [3.63, 3.8) is 0 Å². The topological polar surface area (TPSA) is 73.2 Å². The van der Waals surface area contributed by atoms with Crippen LogP contribution in [0.15, 0.2) is 64.8 Å². The molecule has 1 fully saturated rings. The number of hydrogen-bond donors (Lipinski definition) is 0. The van der Waals surface area contributed by atoms with E-state index in [4.69, 9.17) is 32.7 Å². The van der Waals surface area contributed by atoms with Gasteiger partial charge in [-0.05, 0) is 66.6 Å². The van der Waals surface area contributed by atoms with E-state index in [1.165, 1.54) is 26.4 Å². The van der Waals surface area contributed by atoms with Gasteiger partial charge in [-0.1, -0.05) is 29.3 Å². The third kappa shape index (κ3) is 6.97. The van der Waals surface area contributed by atoms with Crippen molar-refractivity contribution in [2.24, 2.45) is 0 Å². The van der Waals surface area contributed by atoms with Crippen molar-refractivity contribution < 1.29 is 19.0 Å². The van der Waals surface area contributed by atoms with Crippen molar-refractivity contribution >= 4 is 67.4 Å². The summed E-state index contributed by atoms with van der Waals surface area (Å²) in [4.78, 5) is 29.0. The molecular formula is C28H29Cl2N3O5S. The van der Waals surface area contributed by atoms with Crippen molar-refractivity contribution in [1.29, 1.82) is 0 Å². The number of carbonyl (C=O) groups is 1. The first kappa shape index (κ1) is 27.6. The Labute approximate surface area is 240 Å². The predicted molar refractivity (Wildman–Crippen MR) is 156 cm³/mol. The highest BCUT2D eigenvalue weighted by atomic mass is 35.5. The number of hydrogen-bond acceptors (Lipinski definition) is 8. The average Bonchev–Trinajstić information content (AvgIpc) is 3.41. The molecule has 0 N–H and O–H groups in total. The number of ether oxygens (including phenoxy) is 3. The van der Waals surface area contributed by atoms with E-state index in [9.17, 15) is 9.59 Å². The molecule has 0 aliphatic carbocycles. The van der Waals surface area contributed by atoms with Gasteiger partial charge in [0.1, 0.15) is 5.75 Å². The quantitative estimate of drug-likeness (QED) is 0.126. The molecule has 0 saturated carbocycles. The van der Waals surface area contributed by atoms with Crippen molar-refractivity contribution in [3.05, 3.63) is 70.3 Å². The summed E-state index contributed by atoms with van der Waals surface area (Å²) in [7, 11) is 0. The Morgan fingerprint density at radius 1 is 1.00 bits per heavy atom. The first-order valence-electron chi connectivity index (χ1n) is 12.8. The second-order valence-electron chi connectivity index (χ2n) is 9.22. The fraction of sp³-hybridized carbons (Fsp3) is 0.357. The maximum atomic E-state index is 12.4. The number of aromatic nitrogens is 1. The molecule has 2 aromatic heterocycles. The zero-order chi connectivity index (χ0) is 27.2. The Kier molecular flexibility index (Phi) is 9.13. The van der Waals surface area contributed by atoms with Gasteiger partial charge in [0.25, 0.3) is 10.6 Å². The van der Waals surface area contributed by atoms with Crippen LogP contribution < -0.4 is 15.2 Å². The van der Waals surface area contributed by atoms with Gasteiger partial charge in [0.2, 0.25) is 0 Å². The molecule has 2 aromatic carbocycles. The molecule has 3 heterocycles. The number of thiophene rings is 1. The lowest BCUT2D eigenvalue weighted by atomic mass is 10.2. The molecule has 0 radical (unpaired) electrons. The van der Waals surface area contributed by atoms with Gasteiger partial charge < -0.3 is 19.1 Å². The minimum absolute atomic E-state index is 0.326. The van der Waals surface area contributed by atoms with E-state index >= 15 is 0 Å². The maximum Gasteiger partial charge on any atom is 0.512 e. The largest absolute Gasteiger partial charge is 0.512 e. The highest BCUT2D eigenvalue weighted by molar-refractivity contribution is 7.17. The monoisotopic (exact) mass is 589 g/mol. The third-order valence-electron chi connectivity index (χ3n) is 6.78. The van der Waals surface area contributed by atoms with E-state index in [0.29, 0.717) is 17.9 Å². The maximum absolute atomic E-state index is 12.4. The number of carbonyl (C=O) groups excluding carboxylic acids is 1. The Bertz CT molecular complexity index is 1480. The first-order chi connectivity index (χ1) is 19.0. The summed E-state index contributed by atoms with van der Waals surface area (Å²) in [5.41, 5.74) is 1.60. The van der Waals surface area contributed by atoms with Gasteiger partial charge >= 0.3 is 6.16 Å². The van der Waals surface area contributed by atoms with Crippen molar-refractivity contribution in [3.8, 4) is 5.75 Å². The van der Waals surface area contributed by atoms with Crippen LogP contribution in [-0.4, -0.2) is 60.0 Å². The molecule has 4 aromatic rings. The smallest absolute Gasteiger partial charge is 0.494 e. The van der Waals surface area contributed by atoms with Crippen LogP contribution in [-0.2, 0) is 16.2 Å². The molecule has 0 bridgehead atoms. The molecule has 1 saturated heterocycles. The molecule has 11 heteroatoms. The second-order valence-corrected chi connectivity index (χ2v) is 11.2. The minimum atomic E-state index is -1.35. The predicted octanol–water partition coefficient (Wildman–Crippen LogP) is 6.07. The van der Waals surface area contributed by atoms with Gasteiger partial charge in [0, 0.05) is 54.1 Å². The van der Waals surface area contributed by atoms with Crippen molar-refractivity contribution in [2.45, 2.75) is 24.6 Å². The number of piperazine rings is 1. The zero-order valence-corrected chi connectivity index (χ0v) is 23.6. The zero-order valence-electron chi connectivity index (χ0n) is 21.3. The van der Waals surface area contributed by atoms with E-state index in [1.807, 2.05) is 12.1 Å². The van der Waals surface area contributed by atoms with Crippen LogP contribution in [0.1, 0.15) is 12.8 Å². The Morgan fingerprint density at radius 2 is 1.82 bits per heavy atom. The number of rotatable bonds is 10. The van der Waals surface area contributed by atoms with E-state index in [2.05, 4.69) is 44.2 Å². The second kappa shape index (κ2) is 12.9. The van der Waals surface area contributed by atoms with Gasteiger partial charge in [0.15, 0.2) is 6.73 Å². The number of anilines is 1. The molecule has 39 heavy (non-hydrogen) atoms. The molecule has 0 spiro atoms. The van der Waals surface area contributed by atoms with E-state index in [0.717, 1.165) is 51.0 Å². The summed E-state index contributed by atoms with van der Waals surface area (Å²) in [6, 6.07) is 17.4. The van der Waals surface area contributed by atoms with Gasteiger partial charge in [-0.2, -0.15) is 0 Å².